The highest BCUT2D eigenvalue weighted by atomic mass is 32.2. The van der Waals surface area contributed by atoms with Gasteiger partial charge in [0.25, 0.3) is 0 Å². The van der Waals surface area contributed by atoms with E-state index >= 15 is 0 Å². The fraction of sp³-hybridized carbons (Fsp3) is 0.533. The number of hydrogen-bond donors (Lipinski definition) is 2. The van der Waals surface area contributed by atoms with Gasteiger partial charge in [0, 0.05) is 20.1 Å². The van der Waals surface area contributed by atoms with Crippen LogP contribution in [0.25, 0.3) is 11.0 Å². The summed E-state index contributed by atoms with van der Waals surface area (Å²) in [5, 5.41) is 23.9. The van der Waals surface area contributed by atoms with E-state index in [1.807, 2.05) is 6.26 Å². The standard InChI is InChI=1S/C15H22N10OS2/c1-4-5-17-12-10-8-18-25(13(10)20-14(19-12)27-3)7-6-16-11(26)9-28-15-21-22-23-24(15)2/h8H,4-7,9H2,1-3H3,(H,16,26)(H,17,19,20). The average molecular weight is 423 g/mol. The second-order valence-corrected chi connectivity index (χ2v) is 7.53. The molecule has 0 aliphatic heterocycles. The Hall–Kier alpha value is -2.41. The van der Waals surface area contributed by atoms with Crippen LogP contribution in [0.4, 0.5) is 5.82 Å². The largest absolute Gasteiger partial charge is 0.369 e. The molecular formula is C15H22N10OS2. The zero-order valence-electron chi connectivity index (χ0n) is 15.9. The average Bonchev–Trinajstić information content (AvgIpc) is 3.30. The monoisotopic (exact) mass is 422 g/mol. The first-order valence-corrected chi connectivity index (χ1v) is 11.0. The molecule has 11 nitrogen and oxygen atoms in total. The first kappa shape index (κ1) is 20.3. The molecule has 0 radical (unpaired) electrons. The molecule has 3 aromatic rings. The Labute approximate surface area is 170 Å². The molecule has 3 rings (SSSR count). The van der Waals surface area contributed by atoms with Crippen molar-refractivity contribution in [3.8, 4) is 0 Å². The van der Waals surface area contributed by atoms with Crippen LogP contribution >= 0.6 is 23.5 Å². The molecule has 28 heavy (non-hydrogen) atoms. The van der Waals surface area contributed by atoms with Gasteiger partial charge >= 0.3 is 0 Å². The van der Waals surface area contributed by atoms with E-state index in [4.69, 9.17) is 0 Å². The van der Waals surface area contributed by atoms with Gasteiger partial charge in [-0.2, -0.15) is 5.10 Å². The molecule has 0 aliphatic carbocycles. The molecule has 0 aliphatic rings. The predicted molar refractivity (Wildman–Crippen MR) is 108 cm³/mol. The van der Waals surface area contributed by atoms with Crippen LogP contribution in [0, 0.1) is 0 Å². The third kappa shape index (κ3) is 4.90. The van der Waals surface area contributed by atoms with E-state index < -0.39 is 0 Å². The van der Waals surface area contributed by atoms with Crippen LogP contribution in [-0.2, 0) is 18.4 Å². The Bertz CT molecular complexity index is 940. The van der Waals surface area contributed by atoms with Gasteiger partial charge in [-0.25, -0.2) is 19.3 Å². The number of amides is 1. The summed E-state index contributed by atoms with van der Waals surface area (Å²) in [5.74, 6) is 0.951. The summed E-state index contributed by atoms with van der Waals surface area (Å²) in [6, 6.07) is 0. The van der Waals surface area contributed by atoms with E-state index in [0.717, 1.165) is 29.8 Å². The number of hydrogen-bond acceptors (Lipinski definition) is 10. The lowest BCUT2D eigenvalue weighted by Gasteiger charge is -2.08. The third-order valence-corrected chi connectivity index (χ3v) is 5.32. The maximum atomic E-state index is 12.0. The van der Waals surface area contributed by atoms with Crippen molar-refractivity contribution in [2.45, 2.75) is 30.2 Å². The number of anilines is 1. The molecule has 0 saturated heterocycles. The minimum atomic E-state index is -0.0887. The summed E-state index contributed by atoms with van der Waals surface area (Å²) in [4.78, 5) is 21.1. The van der Waals surface area contributed by atoms with Gasteiger partial charge in [0.2, 0.25) is 11.1 Å². The molecule has 0 bridgehead atoms. The fourth-order valence-electron chi connectivity index (χ4n) is 2.39. The van der Waals surface area contributed by atoms with Crippen LogP contribution in [0.3, 0.4) is 0 Å². The van der Waals surface area contributed by atoms with E-state index in [2.05, 4.69) is 48.1 Å². The van der Waals surface area contributed by atoms with E-state index in [0.29, 0.717) is 23.4 Å². The molecule has 0 atom stereocenters. The Morgan fingerprint density at radius 1 is 1.29 bits per heavy atom. The van der Waals surface area contributed by atoms with Gasteiger partial charge in [0.1, 0.15) is 5.82 Å². The summed E-state index contributed by atoms with van der Waals surface area (Å²) >= 11 is 2.77. The van der Waals surface area contributed by atoms with Crippen molar-refractivity contribution in [1.82, 2.24) is 45.3 Å². The number of thioether (sulfide) groups is 2. The molecular weight excluding hydrogens is 400 g/mol. The molecule has 150 valence electrons. The summed E-state index contributed by atoms with van der Waals surface area (Å²) in [6.45, 7) is 3.90. The number of carbonyl (C=O) groups excluding carboxylic acids is 1. The van der Waals surface area contributed by atoms with Gasteiger partial charge in [-0.3, -0.25) is 4.79 Å². The molecule has 1 amide bonds. The van der Waals surface area contributed by atoms with E-state index in [1.165, 1.54) is 28.2 Å². The number of fused-ring (bicyclic) bond motifs is 1. The van der Waals surface area contributed by atoms with E-state index in [1.54, 1.807) is 17.9 Å². The maximum absolute atomic E-state index is 12.0. The lowest BCUT2D eigenvalue weighted by Crippen LogP contribution is -2.29. The molecule has 0 saturated carbocycles. The minimum absolute atomic E-state index is 0.0887. The highest BCUT2D eigenvalue weighted by Crippen LogP contribution is 2.23. The molecule has 3 aromatic heterocycles. The first-order valence-electron chi connectivity index (χ1n) is 8.75. The SMILES string of the molecule is CCCNc1nc(SC)nc2c1cnn2CCNC(=O)CSc1nnnn1C. The van der Waals surface area contributed by atoms with Crippen LogP contribution in [0.1, 0.15) is 13.3 Å². The molecule has 0 unspecified atom stereocenters. The van der Waals surface area contributed by atoms with Gasteiger partial charge in [0.15, 0.2) is 10.8 Å². The normalized spacial score (nSPS) is 11.1. The Morgan fingerprint density at radius 2 is 2.14 bits per heavy atom. The van der Waals surface area contributed by atoms with E-state index in [9.17, 15) is 4.79 Å². The Morgan fingerprint density at radius 3 is 2.86 bits per heavy atom. The van der Waals surface area contributed by atoms with Crippen LogP contribution in [0.2, 0.25) is 0 Å². The van der Waals surface area contributed by atoms with Crippen molar-refractivity contribution in [2.75, 3.05) is 30.4 Å². The summed E-state index contributed by atoms with van der Waals surface area (Å²) in [6.07, 6.45) is 4.70. The number of nitrogens with zero attached hydrogens (tertiary/aromatic N) is 8. The summed E-state index contributed by atoms with van der Waals surface area (Å²) in [5.41, 5.74) is 0.756. The fourth-order valence-corrected chi connectivity index (χ4v) is 3.43. The van der Waals surface area contributed by atoms with Crippen molar-refractivity contribution in [3.63, 3.8) is 0 Å². The first-order chi connectivity index (χ1) is 13.6. The van der Waals surface area contributed by atoms with Gasteiger partial charge in [0.05, 0.1) is 23.9 Å². The number of aromatic nitrogens is 8. The molecule has 0 aromatic carbocycles. The van der Waals surface area contributed by atoms with Crippen LogP contribution in [0.5, 0.6) is 0 Å². The number of nitrogens with one attached hydrogen (secondary N) is 2. The van der Waals surface area contributed by atoms with Crippen molar-refractivity contribution < 1.29 is 4.79 Å². The van der Waals surface area contributed by atoms with Crippen molar-refractivity contribution in [2.24, 2.45) is 7.05 Å². The minimum Gasteiger partial charge on any atom is -0.369 e. The van der Waals surface area contributed by atoms with Crippen LogP contribution < -0.4 is 10.6 Å². The summed E-state index contributed by atoms with van der Waals surface area (Å²) in [7, 11) is 1.73. The zero-order valence-corrected chi connectivity index (χ0v) is 17.5. The topological polar surface area (TPSA) is 128 Å². The van der Waals surface area contributed by atoms with Gasteiger partial charge in [-0.1, -0.05) is 30.4 Å². The van der Waals surface area contributed by atoms with Crippen molar-refractivity contribution >= 4 is 46.3 Å². The van der Waals surface area contributed by atoms with Gasteiger partial charge in [-0.05, 0) is 23.1 Å². The molecule has 13 heteroatoms. The third-order valence-electron chi connectivity index (χ3n) is 3.76. The Balaban J connectivity index is 1.59. The van der Waals surface area contributed by atoms with E-state index in [-0.39, 0.29) is 11.7 Å². The number of rotatable bonds is 10. The number of aryl methyl sites for hydroxylation is 1. The molecule has 0 fully saturated rings. The lowest BCUT2D eigenvalue weighted by atomic mass is 10.3. The Kier molecular flexibility index (Phi) is 7.03. The second-order valence-electron chi connectivity index (χ2n) is 5.81. The summed E-state index contributed by atoms with van der Waals surface area (Å²) < 4.78 is 3.31. The smallest absolute Gasteiger partial charge is 0.230 e. The molecule has 2 N–H and O–H groups in total. The number of tetrazole rings is 1. The predicted octanol–water partition coefficient (Wildman–Crippen LogP) is 0.802. The quantitative estimate of drug-likeness (QED) is 0.357. The second kappa shape index (κ2) is 9.68. The number of carbonyl (C=O) groups is 1. The highest BCUT2D eigenvalue weighted by molar-refractivity contribution is 7.99. The van der Waals surface area contributed by atoms with Gasteiger partial charge in [-0.15, -0.1) is 5.10 Å². The van der Waals surface area contributed by atoms with Crippen molar-refractivity contribution in [1.29, 1.82) is 0 Å². The molecule has 3 heterocycles. The van der Waals surface area contributed by atoms with Crippen LogP contribution in [0.15, 0.2) is 16.5 Å². The highest BCUT2D eigenvalue weighted by Gasteiger charge is 2.13. The van der Waals surface area contributed by atoms with Gasteiger partial charge < -0.3 is 10.6 Å². The zero-order chi connectivity index (χ0) is 19.9. The lowest BCUT2D eigenvalue weighted by molar-refractivity contribution is -0.118. The van der Waals surface area contributed by atoms with Crippen LogP contribution in [-0.4, -0.2) is 71.0 Å². The van der Waals surface area contributed by atoms with Crippen molar-refractivity contribution in [3.05, 3.63) is 6.20 Å². The molecule has 0 spiro atoms. The maximum Gasteiger partial charge on any atom is 0.230 e.